The molecule has 0 spiro atoms. The molecule has 1 saturated heterocycles. The van der Waals surface area contributed by atoms with Crippen LogP contribution in [0.3, 0.4) is 0 Å². The van der Waals surface area contributed by atoms with Gasteiger partial charge in [0.25, 0.3) is 0 Å². The molecule has 104 valence electrons. The number of carbonyl (C=O) groups is 1. The van der Waals surface area contributed by atoms with E-state index in [4.69, 9.17) is 4.74 Å². The minimum atomic E-state index is -0.000972. The first-order valence-electron chi connectivity index (χ1n) is 6.91. The molecular formula is C13H25N3O2. The van der Waals surface area contributed by atoms with Gasteiger partial charge in [0.05, 0.1) is 19.8 Å². The Hall–Kier alpha value is -0.650. The van der Waals surface area contributed by atoms with Crippen LogP contribution in [0, 0.1) is 0 Å². The molecule has 1 aliphatic heterocycles. The molecule has 0 atom stereocenters. The standard InChI is InChI=1S/C13H25N3O2/c1-13(2,16-5-7-18-8-6-16)10-15-12(17)9-14-11-3-4-11/h11,14H,3-10H2,1-2H3,(H,15,17). The van der Waals surface area contributed by atoms with Gasteiger partial charge in [0.15, 0.2) is 0 Å². The van der Waals surface area contributed by atoms with Crippen LogP contribution in [0.4, 0.5) is 0 Å². The van der Waals surface area contributed by atoms with Crippen LogP contribution in [-0.2, 0) is 9.53 Å². The van der Waals surface area contributed by atoms with E-state index in [-0.39, 0.29) is 11.4 Å². The van der Waals surface area contributed by atoms with E-state index in [0.29, 0.717) is 19.1 Å². The predicted octanol–water partition coefficient (Wildman–Crippen LogP) is -0.0346. The zero-order valence-electron chi connectivity index (χ0n) is 11.5. The quantitative estimate of drug-likeness (QED) is 0.699. The number of hydrogen-bond donors (Lipinski definition) is 2. The van der Waals surface area contributed by atoms with Crippen molar-refractivity contribution in [1.82, 2.24) is 15.5 Å². The van der Waals surface area contributed by atoms with Gasteiger partial charge in [-0.3, -0.25) is 9.69 Å². The summed E-state index contributed by atoms with van der Waals surface area (Å²) in [4.78, 5) is 14.1. The van der Waals surface area contributed by atoms with Gasteiger partial charge in [-0.2, -0.15) is 0 Å². The Bertz CT molecular complexity index is 284. The average Bonchev–Trinajstić information content (AvgIpc) is 3.19. The number of ether oxygens (including phenoxy) is 1. The summed E-state index contributed by atoms with van der Waals surface area (Å²) in [6.45, 7) is 8.97. The molecule has 2 aliphatic rings. The summed E-state index contributed by atoms with van der Waals surface area (Å²) in [6, 6.07) is 0.586. The third-order valence-corrected chi connectivity index (χ3v) is 3.71. The van der Waals surface area contributed by atoms with Gasteiger partial charge >= 0.3 is 0 Å². The Labute approximate surface area is 109 Å². The van der Waals surface area contributed by atoms with Crippen LogP contribution in [0.1, 0.15) is 26.7 Å². The molecule has 1 amide bonds. The van der Waals surface area contributed by atoms with Crippen molar-refractivity contribution in [2.75, 3.05) is 39.4 Å². The van der Waals surface area contributed by atoms with Crippen LogP contribution in [0.15, 0.2) is 0 Å². The van der Waals surface area contributed by atoms with Crippen molar-refractivity contribution in [2.45, 2.75) is 38.3 Å². The van der Waals surface area contributed by atoms with E-state index in [1.165, 1.54) is 12.8 Å². The van der Waals surface area contributed by atoms with Gasteiger partial charge in [0.1, 0.15) is 0 Å². The maximum atomic E-state index is 11.7. The number of carbonyl (C=O) groups excluding carboxylic acids is 1. The lowest BCUT2D eigenvalue weighted by atomic mass is 10.0. The second-order valence-electron chi connectivity index (χ2n) is 5.84. The highest BCUT2D eigenvalue weighted by Gasteiger charge is 2.28. The van der Waals surface area contributed by atoms with Crippen molar-refractivity contribution in [2.24, 2.45) is 0 Å². The van der Waals surface area contributed by atoms with Gasteiger partial charge in [0, 0.05) is 31.2 Å². The molecule has 0 aromatic heterocycles. The second-order valence-corrected chi connectivity index (χ2v) is 5.84. The zero-order valence-corrected chi connectivity index (χ0v) is 11.5. The molecule has 2 rings (SSSR count). The smallest absolute Gasteiger partial charge is 0.234 e. The molecule has 2 fully saturated rings. The molecule has 0 bridgehead atoms. The Kier molecular flexibility index (Phi) is 4.59. The Morgan fingerprint density at radius 1 is 1.33 bits per heavy atom. The van der Waals surface area contributed by atoms with E-state index in [2.05, 4.69) is 29.4 Å². The van der Waals surface area contributed by atoms with E-state index in [1.54, 1.807) is 0 Å². The van der Waals surface area contributed by atoms with Crippen LogP contribution >= 0.6 is 0 Å². The van der Waals surface area contributed by atoms with Crippen molar-refractivity contribution in [3.63, 3.8) is 0 Å². The normalized spacial score (nSPS) is 21.9. The molecule has 0 radical (unpaired) electrons. The number of hydrogen-bond acceptors (Lipinski definition) is 4. The molecule has 1 heterocycles. The van der Waals surface area contributed by atoms with Gasteiger partial charge < -0.3 is 15.4 Å². The Balaban J connectivity index is 1.67. The molecule has 0 aromatic carbocycles. The summed E-state index contributed by atoms with van der Waals surface area (Å²) >= 11 is 0. The minimum absolute atomic E-state index is 0.000972. The van der Waals surface area contributed by atoms with Crippen LogP contribution in [0.2, 0.25) is 0 Å². The van der Waals surface area contributed by atoms with Crippen LogP contribution < -0.4 is 10.6 Å². The Morgan fingerprint density at radius 3 is 2.61 bits per heavy atom. The summed E-state index contributed by atoms with van der Waals surface area (Å²) in [7, 11) is 0. The zero-order chi connectivity index (χ0) is 13.0. The van der Waals surface area contributed by atoms with Gasteiger partial charge in [-0.15, -0.1) is 0 Å². The summed E-state index contributed by atoms with van der Waals surface area (Å²) in [5.74, 6) is 0.100. The van der Waals surface area contributed by atoms with E-state index < -0.39 is 0 Å². The Morgan fingerprint density at radius 2 is 2.00 bits per heavy atom. The van der Waals surface area contributed by atoms with Crippen molar-refractivity contribution >= 4 is 5.91 Å². The maximum Gasteiger partial charge on any atom is 0.234 e. The van der Waals surface area contributed by atoms with Gasteiger partial charge in [-0.1, -0.05) is 0 Å². The summed E-state index contributed by atoms with van der Waals surface area (Å²) in [5, 5.41) is 6.25. The fraction of sp³-hybridized carbons (Fsp3) is 0.923. The van der Waals surface area contributed by atoms with Gasteiger partial charge in [-0.25, -0.2) is 0 Å². The lowest BCUT2D eigenvalue weighted by Gasteiger charge is -2.40. The van der Waals surface area contributed by atoms with Crippen molar-refractivity contribution in [3.8, 4) is 0 Å². The van der Waals surface area contributed by atoms with E-state index in [1.807, 2.05) is 0 Å². The van der Waals surface area contributed by atoms with Crippen LogP contribution in [0.25, 0.3) is 0 Å². The van der Waals surface area contributed by atoms with Crippen molar-refractivity contribution in [3.05, 3.63) is 0 Å². The second kappa shape index (κ2) is 5.99. The van der Waals surface area contributed by atoms with Crippen LogP contribution in [0.5, 0.6) is 0 Å². The first kappa shape index (κ1) is 13.8. The topological polar surface area (TPSA) is 53.6 Å². The molecule has 1 saturated carbocycles. The van der Waals surface area contributed by atoms with Crippen molar-refractivity contribution in [1.29, 1.82) is 0 Å². The number of morpholine rings is 1. The van der Waals surface area contributed by atoms with Gasteiger partial charge in [-0.05, 0) is 26.7 Å². The first-order chi connectivity index (χ1) is 8.58. The van der Waals surface area contributed by atoms with E-state index in [9.17, 15) is 4.79 Å². The number of amides is 1. The summed E-state index contributed by atoms with van der Waals surface area (Å²) in [5.41, 5.74) is -0.000972. The molecule has 5 heteroatoms. The minimum Gasteiger partial charge on any atom is -0.379 e. The maximum absolute atomic E-state index is 11.7. The molecule has 2 N–H and O–H groups in total. The SMILES string of the molecule is CC(C)(CNC(=O)CNC1CC1)N1CCOCC1. The highest BCUT2D eigenvalue weighted by molar-refractivity contribution is 5.78. The molecule has 5 nitrogen and oxygen atoms in total. The predicted molar refractivity (Wildman–Crippen MR) is 70.5 cm³/mol. The molecule has 0 aromatic rings. The van der Waals surface area contributed by atoms with Crippen molar-refractivity contribution < 1.29 is 9.53 Å². The molecule has 18 heavy (non-hydrogen) atoms. The van der Waals surface area contributed by atoms with E-state index in [0.717, 1.165) is 26.3 Å². The van der Waals surface area contributed by atoms with E-state index >= 15 is 0 Å². The lowest BCUT2D eigenvalue weighted by Crippen LogP contribution is -2.56. The molecule has 0 unspecified atom stereocenters. The molecular weight excluding hydrogens is 230 g/mol. The molecule has 1 aliphatic carbocycles. The lowest BCUT2D eigenvalue weighted by molar-refractivity contribution is -0.121. The highest BCUT2D eigenvalue weighted by Crippen LogP contribution is 2.18. The number of nitrogens with one attached hydrogen (secondary N) is 2. The first-order valence-corrected chi connectivity index (χ1v) is 6.91. The summed E-state index contributed by atoms with van der Waals surface area (Å²) in [6.07, 6.45) is 2.43. The third-order valence-electron chi connectivity index (χ3n) is 3.71. The fourth-order valence-corrected chi connectivity index (χ4v) is 2.18. The average molecular weight is 255 g/mol. The largest absolute Gasteiger partial charge is 0.379 e. The van der Waals surface area contributed by atoms with Gasteiger partial charge in [0.2, 0.25) is 5.91 Å². The number of rotatable bonds is 6. The van der Waals surface area contributed by atoms with Crippen LogP contribution in [-0.4, -0.2) is 61.8 Å². The monoisotopic (exact) mass is 255 g/mol. The highest BCUT2D eigenvalue weighted by atomic mass is 16.5. The summed E-state index contributed by atoms with van der Waals surface area (Å²) < 4.78 is 5.35. The fourth-order valence-electron chi connectivity index (χ4n) is 2.18. The third kappa shape index (κ3) is 4.23. The number of nitrogens with zero attached hydrogens (tertiary/aromatic N) is 1.